The van der Waals surface area contributed by atoms with Gasteiger partial charge in [0.1, 0.15) is 0 Å². The van der Waals surface area contributed by atoms with Crippen molar-refractivity contribution in [1.29, 1.82) is 5.26 Å². The molecule has 0 aromatic heterocycles. The molecule has 0 aromatic rings. The molecular formula is C9H14N2O4S. The molecule has 0 bridgehead atoms. The van der Waals surface area contributed by atoms with Gasteiger partial charge in [-0.25, -0.2) is 13.1 Å². The minimum absolute atomic E-state index is 0.298. The first kappa shape index (κ1) is 12.9. The van der Waals surface area contributed by atoms with Gasteiger partial charge in [0.25, 0.3) is 0 Å². The smallest absolute Gasteiger partial charge is 0.306 e. The monoisotopic (exact) mass is 246 g/mol. The normalized spacial score (nSPS) is 27.2. The Bertz CT molecular complexity index is 412. The van der Waals surface area contributed by atoms with Crippen LogP contribution in [-0.2, 0) is 14.8 Å². The highest BCUT2D eigenvalue weighted by molar-refractivity contribution is 7.90. The zero-order valence-corrected chi connectivity index (χ0v) is 9.70. The lowest BCUT2D eigenvalue weighted by molar-refractivity contribution is -0.141. The van der Waals surface area contributed by atoms with E-state index in [1.165, 1.54) is 6.92 Å². The maximum Gasteiger partial charge on any atom is 0.306 e. The molecule has 2 N–H and O–H groups in total. The maximum absolute atomic E-state index is 11.5. The summed E-state index contributed by atoms with van der Waals surface area (Å²) in [4.78, 5) is 10.7. The molecule has 6 nitrogen and oxygen atoms in total. The molecular weight excluding hydrogens is 232 g/mol. The van der Waals surface area contributed by atoms with Gasteiger partial charge in [-0.15, -0.1) is 0 Å². The molecule has 3 atom stereocenters. The van der Waals surface area contributed by atoms with Gasteiger partial charge in [0, 0.05) is 6.04 Å². The first-order valence-electron chi connectivity index (χ1n) is 5.00. The van der Waals surface area contributed by atoms with Gasteiger partial charge in [0.15, 0.2) is 5.25 Å². The second-order valence-corrected chi connectivity index (χ2v) is 6.01. The SMILES string of the molecule is CC(C#N)S(=O)(=O)NC1CCC(C(=O)O)C1. The van der Waals surface area contributed by atoms with Gasteiger partial charge in [-0.3, -0.25) is 4.79 Å². The molecule has 0 amide bonds. The van der Waals surface area contributed by atoms with E-state index in [1.807, 2.05) is 0 Å². The summed E-state index contributed by atoms with van der Waals surface area (Å²) in [6.07, 6.45) is 1.28. The van der Waals surface area contributed by atoms with E-state index < -0.39 is 27.2 Å². The van der Waals surface area contributed by atoms with Crippen molar-refractivity contribution in [2.75, 3.05) is 0 Å². The van der Waals surface area contributed by atoms with Crippen molar-refractivity contribution in [3.8, 4) is 6.07 Å². The van der Waals surface area contributed by atoms with Crippen molar-refractivity contribution in [3.63, 3.8) is 0 Å². The summed E-state index contributed by atoms with van der Waals surface area (Å²) >= 11 is 0. The second kappa shape index (κ2) is 4.80. The Morgan fingerprint density at radius 1 is 1.56 bits per heavy atom. The molecule has 0 aliphatic heterocycles. The number of nitrogens with zero attached hydrogens (tertiary/aromatic N) is 1. The molecule has 1 aliphatic rings. The summed E-state index contributed by atoms with van der Waals surface area (Å²) in [6.45, 7) is 1.30. The van der Waals surface area contributed by atoms with E-state index in [9.17, 15) is 13.2 Å². The van der Waals surface area contributed by atoms with Gasteiger partial charge < -0.3 is 5.11 Å². The fourth-order valence-corrected chi connectivity index (χ4v) is 2.74. The zero-order chi connectivity index (χ0) is 12.3. The molecule has 0 aromatic carbocycles. The Labute approximate surface area is 94.3 Å². The molecule has 0 saturated heterocycles. The van der Waals surface area contributed by atoms with Crippen molar-refractivity contribution in [3.05, 3.63) is 0 Å². The minimum atomic E-state index is -3.65. The van der Waals surface area contributed by atoms with E-state index in [2.05, 4.69) is 4.72 Å². The van der Waals surface area contributed by atoms with Crippen LogP contribution in [0.2, 0.25) is 0 Å². The molecule has 1 saturated carbocycles. The third-order valence-corrected chi connectivity index (χ3v) is 4.46. The van der Waals surface area contributed by atoms with Crippen LogP contribution in [0.1, 0.15) is 26.2 Å². The lowest BCUT2D eigenvalue weighted by Crippen LogP contribution is -2.38. The number of aliphatic carboxylic acids is 1. The van der Waals surface area contributed by atoms with E-state index >= 15 is 0 Å². The number of carboxylic acids is 1. The minimum Gasteiger partial charge on any atom is -0.481 e. The topological polar surface area (TPSA) is 107 Å². The summed E-state index contributed by atoms with van der Waals surface area (Å²) in [6, 6.07) is 1.29. The third-order valence-electron chi connectivity index (χ3n) is 2.76. The van der Waals surface area contributed by atoms with E-state index in [0.29, 0.717) is 19.3 Å². The van der Waals surface area contributed by atoms with Crippen LogP contribution in [0.3, 0.4) is 0 Å². The fraction of sp³-hybridized carbons (Fsp3) is 0.778. The van der Waals surface area contributed by atoms with E-state index in [0.717, 1.165) is 0 Å². The third kappa shape index (κ3) is 2.93. The fourth-order valence-electron chi connectivity index (χ4n) is 1.72. The van der Waals surface area contributed by atoms with Gasteiger partial charge in [-0.1, -0.05) is 0 Å². The lowest BCUT2D eigenvalue weighted by atomic mass is 10.1. The number of hydrogen-bond acceptors (Lipinski definition) is 4. The molecule has 1 rings (SSSR count). The standard InChI is InChI=1S/C9H14N2O4S/c1-6(5-10)16(14,15)11-8-3-2-7(4-8)9(12)13/h6-8,11H,2-4H2,1H3,(H,12,13). The molecule has 7 heteroatoms. The zero-order valence-electron chi connectivity index (χ0n) is 8.88. The summed E-state index contributed by atoms with van der Waals surface area (Å²) in [7, 11) is -3.65. The van der Waals surface area contributed by atoms with Gasteiger partial charge in [0.2, 0.25) is 10.0 Å². The predicted octanol–water partition coefficient (Wildman–Crippen LogP) is 0.0712. The number of nitrogens with one attached hydrogen (secondary N) is 1. The summed E-state index contributed by atoms with van der Waals surface area (Å²) < 4.78 is 25.4. The summed E-state index contributed by atoms with van der Waals surface area (Å²) in [5, 5.41) is 16.2. The highest BCUT2D eigenvalue weighted by atomic mass is 32.2. The number of hydrogen-bond donors (Lipinski definition) is 2. The van der Waals surface area contributed by atoms with Crippen LogP contribution in [-0.4, -0.2) is 30.8 Å². The maximum atomic E-state index is 11.5. The number of rotatable bonds is 4. The second-order valence-electron chi connectivity index (χ2n) is 3.98. The Hall–Kier alpha value is -1.13. The van der Waals surface area contributed by atoms with Crippen LogP contribution in [0, 0.1) is 17.2 Å². The lowest BCUT2D eigenvalue weighted by Gasteiger charge is -2.13. The van der Waals surface area contributed by atoms with E-state index in [4.69, 9.17) is 10.4 Å². The van der Waals surface area contributed by atoms with Crippen LogP contribution in [0.4, 0.5) is 0 Å². The van der Waals surface area contributed by atoms with Crippen LogP contribution in [0.5, 0.6) is 0 Å². The molecule has 16 heavy (non-hydrogen) atoms. The molecule has 3 unspecified atom stereocenters. The van der Waals surface area contributed by atoms with Crippen LogP contribution >= 0.6 is 0 Å². The predicted molar refractivity (Wildman–Crippen MR) is 55.9 cm³/mol. The number of sulfonamides is 1. The van der Waals surface area contributed by atoms with Crippen LogP contribution in [0.25, 0.3) is 0 Å². The van der Waals surface area contributed by atoms with Crippen molar-refractivity contribution in [2.24, 2.45) is 5.92 Å². The Balaban J connectivity index is 2.59. The first-order valence-corrected chi connectivity index (χ1v) is 6.55. The van der Waals surface area contributed by atoms with Crippen molar-refractivity contribution in [1.82, 2.24) is 4.72 Å². The average molecular weight is 246 g/mol. The van der Waals surface area contributed by atoms with Crippen molar-refractivity contribution >= 4 is 16.0 Å². The molecule has 0 radical (unpaired) electrons. The van der Waals surface area contributed by atoms with Crippen LogP contribution in [0.15, 0.2) is 0 Å². The highest BCUT2D eigenvalue weighted by Gasteiger charge is 2.33. The average Bonchev–Trinajstić information content (AvgIpc) is 2.64. The molecule has 90 valence electrons. The largest absolute Gasteiger partial charge is 0.481 e. The summed E-state index contributed by atoms with van der Waals surface area (Å²) in [5.41, 5.74) is 0. The molecule has 1 aliphatic carbocycles. The van der Waals surface area contributed by atoms with Gasteiger partial charge in [-0.2, -0.15) is 5.26 Å². The highest BCUT2D eigenvalue weighted by Crippen LogP contribution is 2.26. The van der Waals surface area contributed by atoms with Crippen molar-refractivity contribution < 1.29 is 18.3 Å². The number of carbonyl (C=O) groups is 1. The quantitative estimate of drug-likeness (QED) is 0.730. The van der Waals surface area contributed by atoms with Gasteiger partial charge >= 0.3 is 5.97 Å². The molecule has 0 spiro atoms. The van der Waals surface area contributed by atoms with Gasteiger partial charge in [0.05, 0.1) is 12.0 Å². The van der Waals surface area contributed by atoms with E-state index in [1.54, 1.807) is 6.07 Å². The molecule has 0 heterocycles. The van der Waals surface area contributed by atoms with Crippen molar-refractivity contribution in [2.45, 2.75) is 37.5 Å². The Morgan fingerprint density at radius 3 is 2.62 bits per heavy atom. The van der Waals surface area contributed by atoms with E-state index in [-0.39, 0.29) is 6.04 Å². The Morgan fingerprint density at radius 2 is 2.19 bits per heavy atom. The number of nitriles is 1. The van der Waals surface area contributed by atoms with Crippen LogP contribution < -0.4 is 4.72 Å². The summed E-state index contributed by atoms with van der Waals surface area (Å²) in [5.74, 6) is -1.37. The first-order chi connectivity index (χ1) is 7.36. The van der Waals surface area contributed by atoms with Gasteiger partial charge in [-0.05, 0) is 26.2 Å². The Kier molecular flexibility index (Phi) is 3.88. The molecule has 1 fully saturated rings. The number of carboxylic acid groups (broad SMARTS) is 1.